The fourth-order valence-electron chi connectivity index (χ4n) is 8.09. The summed E-state index contributed by atoms with van der Waals surface area (Å²) in [6.45, 7) is 6.50. The maximum absolute atomic E-state index is 13.9. The summed E-state index contributed by atoms with van der Waals surface area (Å²) in [7, 11) is 3.98. The highest BCUT2D eigenvalue weighted by atomic mass is 79.9. The van der Waals surface area contributed by atoms with Gasteiger partial charge in [0.25, 0.3) is 11.8 Å². The first-order valence-electron chi connectivity index (χ1n) is 23.8. The van der Waals surface area contributed by atoms with Crippen LogP contribution < -0.4 is 10.6 Å². The van der Waals surface area contributed by atoms with Crippen LogP contribution in [0.3, 0.4) is 0 Å². The molecule has 10 rings (SSSR count). The SMILES string of the molecule is Brc1cnc2ccnn2c1.C#Cc1cncc(C(=O)Nc2ccc(CN3CCN(C)CC3)c(C(F)(F)F)c2)c1.CN1CCN(Cc2ccc(NC(=O)c3cncc(C#Cc4cnc5ccnn5c4)c3)cc2C(F)(F)F)CC1. The number of halogens is 7. The van der Waals surface area contributed by atoms with Crippen molar-refractivity contribution in [1.82, 2.24) is 58.8 Å². The molecular formula is C54H49BrF6N14O2. The van der Waals surface area contributed by atoms with Gasteiger partial charge < -0.3 is 20.4 Å². The Morgan fingerprint density at radius 2 is 1.04 bits per heavy atom. The van der Waals surface area contributed by atoms with Crippen LogP contribution >= 0.6 is 15.9 Å². The van der Waals surface area contributed by atoms with Gasteiger partial charge in [-0.2, -0.15) is 36.5 Å². The molecule has 2 aliphatic heterocycles. The standard InChI is InChI=1S/C27H24F3N7O.C21H21F3N4O.C6H4BrN3/c1-35-8-10-36(11-9-35)18-21-4-5-23(13-24(21)27(28,29)30)34-26(38)22-12-19(14-31-16-22)2-3-20-15-32-25-6-7-33-37(25)17-20;1-3-15-10-17(13-25-12-15)20(29)26-18-5-4-16(19(11-18)21(22,23)24)14-28-8-6-27(2)7-9-28;7-5-3-8-6-1-2-9-10(6)4-5/h4-7,12-17H,8-11,18H2,1H3,(H,34,38);1,4-5,10-13H,6-9,14H2,2H3,(H,26,29);1-4H. The van der Waals surface area contributed by atoms with E-state index in [0.717, 1.165) is 48.4 Å². The monoisotopic (exact) mass is 1120 g/mol. The number of alkyl halides is 6. The first kappa shape index (κ1) is 55.2. The molecule has 2 amide bonds. The van der Waals surface area contributed by atoms with E-state index in [9.17, 15) is 35.9 Å². The Balaban J connectivity index is 0.000000176. The maximum Gasteiger partial charge on any atom is 0.416 e. The number of carbonyl (C=O) groups is 2. The van der Waals surface area contributed by atoms with Crippen LogP contribution in [0.25, 0.3) is 11.3 Å². The van der Waals surface area contributed by atoms with Gasteiger partial charge in [-0.3, -0.25) is 29.4 Å². The minimum atomic E-state index is -4.55. The summed E-state index contributed by atoms with van der Waals surface area (Å²) in [5.41, 5.74) is 2.40. The molecule has 2 aliphatic rings. The average Bonchev–Trinajstić information content (AvgIpc) is 4.10. The molecule has 0 spiro atoms. The Morgan fingerprint density at radius 3 is 1.53 bits per heavy atom. The largest absolute Gasteiger partial charge is 0.416 e. The summed E-state index contributed by atoms with van der Waals surface area (Å²) in [5, 5.41) is 13.2. The number of hydrogen-bond acceptors (Lipinski definition) is 12. The molecule has 0 saturated carbocycles. The topological polar surface area (TPSA) is 157 Å². The lowest BCUT2D eigenvalue weighted by molar-refractivity contribution is -0.139. The number of nitrogens with zero attached hydrogens (tertiary/aromatic N) is 12. The van der Waals surface area contributed by atoms with Crippen LogP contribution in [0, 0.1) is 24.2 Å². The van der Waals surface area contributed by atoms with Crippen molar-refractivity contribution in [1.29, 1.82) is 0 Å². The number of anilines is 2. The summed E-state index contributed by atoms with van der Waals surface area (Å²) in [5.74, 6) is 7.08. The number of pyridine rings is 2. The summed E-state index contributed by atoms with van der Waals surface area (Å²) in [4.78, 5) is 49.8. The molecule has 6 aromatic heterocycles. The average molecular weight is 1120 g/mol. The number of benzene rings is 2. The molecule has 77 heavy (non-hydrogen) atoms. The molecule has 2 aromatic carbocycles. The third-order valence-electron chi connectivity index (χ3n) is 12.3. The van der Waals surface area contributed by atoms with E-state index < -0.39 is 35.3 Å². The number of terminal acetylenes is 1. The molecule has 2 N–H and O–H groups in total. The van der Waals surface area contributed by atoms with Gasteiger partial charge in [0.05, 0.1) is 44.7 Å². The van der Waals surface area contributed by atoms with E-state index in [1.165, 1.54) is 61.2 Å². The molecule has 8 heterocycles. The van der Waals surface area contributed by atoms with Crippen LogP contribution in [0.4, 0.5) is 37.7 Å². The van der Waals surface area contributed by atoms with Crippen LogP contribution in [0.5, 0.6) is 0 Å². The van der Waals surface area contributed by atoms with Gasteiger partial charge in [0.15, 0.2) is 11.3 Å². The zero-order valence-corrected chi connectivity index (χ0v) is 43.1. The van der Waals surface area contributed by atoms with Crippen molar-refractivity contribution >= 4 is 50.4 Å². The smallest absolute Gasteiger partial charge is 0.322 e. The number of rotatable bonds is 8. The minimum absolute atomic E-state index is 0.0551. The molecule has 0 bridgehead atoms. The molecule has 396 valence electrons. The van der Waals surface area contributed by atoms with Crippen molar-refractivity contribution in [2.45, 2.75) is 25.4 Å². The van der Waals surface area contributed by atoms with Gasteiger partial charge in [-0.15, -0.1) is 6.42 Å². The summed E-state index contributed by atoms with van der Waals surface area (Å²) < 4.78 is 86.8. The molecule has 8 aromatic rings. The Hall–Kier alpha value is -8.06. The third-order valence-corrected chi connectivity index (χ3v) is 12.7. The molecule has 23 heteroatoms. The molecule has 0 radical (unpaired) electrons. The second-order valence-electron chi connectivity index (χ2n) is 18.0. The number of fused-ring (bicyclic) bond motifs is 2. The van der Waals surface area contributed by atoms with E-state index in [1.807, 2.05) is 36.2 Å². The highest BCUT2D eigenvalue weighted by Gasteiger charge is 2.36. The van der Waals surface area contributed by atoms with Gasteiger partial charge >= 0.3 is 12.4 Å². The maximum atomic E-state index is 13.9. The van der Waals surface area contributed by atoms with E-state index in [-0.39, 0.29) is 46.7 Å². The number of carbonyl (C=O) groups excluding carboxylic acids is 2. The minimum Gasteiger partial charge on any atom is -0.322 e. The van der Waals surface area contributed by atoms with Crippen molar-refractivity contribution in [2.75, 3.05) is 77.1 Å². The van der Waals surface area contributed by atoms with Crippen molar-refractivity contribution in [2.24, 2.45) is 0 Å². The summed E-state index contributed by atoms with van der Waals surface area (Å²) >= 11 is 3.29. The Kier molecular flexibility index (Phi) is 17.7. The van der Waals surface area contributed by atoms with Crippen LogP contribution in [0.1, 0.15) is 59.7 Å². The number of piperazine rings is 2. The number of likely N-dealkylation sites (N-methyl/N-ethyl adjacent to an activating group) is 2. The van der Waals surface area contributed by atoms with E-state index in [4.69, 9.17) is 6.42 Å². The lowest BCUT2D eigenvalue weighted by Crippen LogP contribution is -2.44. The first-order chi connectivity index (χ1) is 36.9. The Labute approximate surface area is 447 Å². The van der Waals surface area contributed by atoms with Crippen LogP contribution in [-0.4, -0.2) is 137 Å². The van der Waals surface area contributed by atoms with Crippen molar-refractivity contribution in [3.63, 3.8) is 0 Å². The second kappa shape index (κ2) is 24.7. The van der Waals surface area contributed by atoms with Gasteiger partial charge in [-0.25, -0.2) is 19.0 Å². The van der Waals surface area contributed by atoms with Crippen molar-refractivity contribution in [3.05, 3.63) is 177 Å². The van der Waals surface area contributed by atoms with E-state index >= 15 is 0 Å². The first-order valence-corrected chi connectivity index (χ1v) is 24.6. The summed E-state index contributed by atoms with van der Waals surface area (Å²) in [6.07, 6.45) is 12.1. The highest BCUT2D eigenvalue weighted by molar-refractivity contribution is 9.10. The number of amides is 2. The molecule has 0 unspecified atom stereocenters. The van der Waals surface area contributed by atoms with Crippen LogP contribution in [-0.2, 0) is 25.4 Å². The summed E-state index contributed by atoms with van der Waals surface area (Å²) in [6, 6.07) is 14.4. The normalized spacial score (nSPS) is 14.5. The van der Waals surface area contributed by atoms with Gasteiger partial charge in [0.1, 0.15) is 0 Å². The molecule has 16 nitrogen and oxygen atoms in total. The van der Waals surface area contributed by atoms with Crippen LogP contribution in [0.2, 0.25) is 0 Å². The second-order valence-corrected chi connectivity index (χ2v) is 18.9. The van der Waals surface area contributed by atoms with Crippen LogP contribution in [0.15, 0.2) is 127 Å². The molecule has 2 saturated heterocycles. The number of hydrogen-bond donors (Lipinski definition) is 2. The zero-order chi connectivity index (χ0) is 54.7. The van der Waals surface area contributed by atoms with E-state index in [0.29, 0.717) is 48.5 Å². The molecule has 2 fully saturated rings. The number of aromatic nitrogens is 8. The lowest BCUT2D eigenvalue weighted by Gasteiger charge is -2.33. The third kappa shape index (κ3) is 15.3. The zero-order valence-electron chi connectivity index (χ0n) is 41.5. The number of nitrogens with one attached hydrogen (secondary N) is 2. The molecule has 0 atom stereocenters. The Bertz CT molecular complexity index is 3480. The van der Waals surface area contributed by atoms with Gasteiger partial charge in [0, 0.05) is 150 Å². The lowest BCUT2D eigenvalue weighted by atomic mass is 10.0. The molecular weight excluding hydrogens is 1070 g/mol. The van der Waals surface area contributed by atoms with E-state index in [2.05, 4.69) is 84.3 Å². The predicted molar refractivity (Wildman–Crippen MR) is 280 cm³/mol. The predicted octanol–water partition coefficient (Wildman–Crippen LogP) is 8.12. The van der Waals surface area contributed by atoms with Crippen molar-refractivity contribution in [3.8, 4) is 24.2 Å². The van der Waals surface area contributed by atoms with Gasteiger partial charge in [0.2, 0.25) is 0 Å². The fourth-order valence-corrected chi connectivity index (χ4v) is 8.39. The fraction of sp³-hybridized carbons (Fsp3) is 0.259. The van der Waals surface area contributed by atoms with E-state index in [1.54, 1.807) is 46.1 Å². The quantitative estimate of drug-likeness (QED) is 0.112. The van der Waals surface area contributed by atoms with Crippen molar-refractivity contribution < 1.29 is 35.9 Å². The van der Waals surface area contributed by atoms with Gasteiger partial charge in [-0.05, 0) is 77.6 Å². The highest BCUT2D eigenvalue weighted by Crippen LogP contribution is 2.36. The molecule has 0 aliphatic carbocycles. The van der Waals surface area contributed by atoms with Gasteiger partial charge in [-0.1, -0.05) is 29.9 Å². The Morgan fingerprint density at radius 1 is 0.584 bits per heavy atom.